The van der Waals surface area contributed by atoms with Crippen molar-refractivity contribution in [1.82, 2.24) is 19.7 Å². The molecule has 0 bridgehead atoms. The van der Waals surface area contributed by atoms with Gasteiger partial charge in [-0.05, 0) is 44.1 Å². The number of aromatic nitrogens is 1. The second kappa shape index (κ2) is 11.6. The minimum Gasteiger partial charge on any atom is -0.379 e. The quantitative estimate of drug-likeness (QED) is 0.565. The number of hydrogen-bond donors (Lipinski definition) is 1. The normalized spacial score (nSPS) is 18.6. The number of piperidine rings is 1. The van der Waals surface area contributed by atoms with E-state index in [9.17, 15) is 22.0 Å². The summed E-state index contributed by atoms with van der Waals surface area (Å²) >= 11 is 0. The van der Waals surface area contributed by atoms with E-state index in [1.54, 1.807) is 0 Å². The van der Waals surface area contributed by atoms with Gasteiger partial charge in [0.05, 0.1) is 13.2 Å². The molecule has 2 aliphatic rings. The van der Waals surface area contributed by atoms with Crippen molar-refractivity contribution in [1.29, 1.82) is 0 Å². The maximum atomic E-state index is 14.0. The lowest BCUT2D eigenvalue weighted by atomic mass is 9.97. The molecule has 1 aromatic heterocycles. The van der Waals surface area contributed by atoms with Gasteiger partial charge in [0.1, 0.15) is 17.3 Å². The molecule has 0 saturated carbocycles. The van der Waals surface area contributed by atoms with Crippen molar-refractivity contribution in [2.75, 3.05) is 52.5 Å². The number of carbonyl (C=O) groups is 1. The fourth-order valence-corrected chi connectivity index (χ4v) is 6.11. The summed E-state index contributed by atoms with van der Waals surface area (Å²) in [6.45, 7) is 6.29. The minimum absolute atomic E-state index is 0.0424. The molecule has 1 aromatic carbocycles. The second-order valence-corrected chi connectivity index (χ2v) is 10.8. The molecule has 2 aromatic rings. The van der Waals surface area contributed by atoms with Crippen LogP contribution in [0, 0.1) is 24.5 Å². The van der Waals surface area contributed by atoms with Crippen LogP contribution in [0.25, 0.3) is 12.2 Å². The Balaban J connectivity index is 1.36. The number of sulfonamides is 1. The van der Waals surface area contributed by atoms with Crippen LogP contribution in [0.2, 0.25) is 0 Å². The maximum absolute atomic E-state index is 14.0. The summed E-state index contributed by atoms with van der Waals surface area (Å²) in [4.78, 5) is 14.7. The van der Waals surface area contributed by atoms with Gasteiger partial charge in [-0.1, -0.05) is 5.16 Å². The summed E-state index contributed by atoms with van der Waals surface area (Å²) in [5.74, 6) is -1.86. The average Bonchev–Trinajstić information content (AvgIpc) is 3.25. The van der Waals surface area contributed by atoms with Crippen molar-refractivity contribution in [3.05, 3.63) is 46.9 Å². The molecule has 0 atom stereocenters. The highest BCUT2D eigenvalue weighted by molar-refractivity contribution is 7.89. The molecule has 1 N–H and O–H groups in total. The second-order valence-electron chi connectivity index (χ2n) is 8.88. The van der Waals surface area contributed by atoms with Gasteiger partial charge in [-0.3, -0.25) is 9.69 Å². The third-order valence-electron chi connectivity index (χ3n) is 6.46. The maximum Gasteiger partial charge on any atom is 0.248 e. The van der Waals surface area contributed by atoms with E-state index in [2.05, 4.69) is 15.4 Å². The Morgan fingerprint density at radius 1 is 1.17 bits per heavy atom. The van der Waals surface area contributed by atoms with Gasteiger partial charge in [0.25, 0.3) is 0 Å². The smallest absolute Gasteiger partial charge is 0.248 e. The topological polar surface area (TPSA) is 105 Å². The van der Waals surface area contributed by atoms with Gasteiger partial charge in [0.15, 0.2) is 10.7 Å². The number of halogens is 2. The first kappa shape index (κ1) is 26.4. The molecule has 2 fully saturated rings. The van der Waals surface area contributed by atoms with Gasteiger partial charge in [-0.2, -0.15) is 4.31 Å². The molecule has 3 heterocycles. The van der Waals surface area contributed by atoms with E-state index in [1.807, 2.05) is 0 Å². The Morgan fingerprint density at radius 3 is 2.58 bits per heavy atom. The van der Waals surface area contributed by atoms with Crippen LogP contribution in [0.1, 0.15) is 29.9 Å². The summed E-state index contributed by atoms with van der Waals surface area (Å²) in [7, 11) is -3.96. The lowest BCUT2D eigenvalue weighted by Gasteiger charge is -2.31. The number of amides is 1. The monoisotopic (exact) mass is 524 g/mol. The fourth-order valence-electron chi connectivity index (χ4n) is 4.39. The SMILES string of the molecule is Cc1noc(/C=C/c2ccc(F)cc2F)c1S(=O)(=O)N1CCC(C(=O)NCCN2CCOCC2)CC1. The Kier molecular flexibility index (Phi) is 8.50. The zero-order valence-corrected chi connectivity index (χ0v) is 20.9. The zero-order chi connectivity index (χ0) is 25.7. The van der Waals surface area contributed by atoms with E-state index in [0.29, 0.717) is 32.6 Å². The molecule has 4 rings (SSSR count). The van der Waals surface area contributed by atoms with Crippen molar-refractivity contribution >= 4 is 28.1 Å². The molecule has 0 radical (unpaired) electrons. The van der Waals surface area contributed by atoms with Crippen LogP contribution in [0.4, 0.5) is 8.78 Å². The summed E-state index contributed by atoms with van der Waals surface area (Å²) in [6, 6.07) is 3.09. The van der Waals surface area contributed by atoms with E-state index in [0.717, 1.165) is 31.8 Å². The van der Waals surface area contributed by atoms with Gasteiger partial charge in [-0.15, -0.1) is 0 Å². The van der Waals surface area contributed by atoms with Crippen LogP contribution in [-0.2, 0) is 19.6 Å². The number of rotatable bonds is 8. The van der Waals surface area contributed by atoms with Crippen molar-refractivity contribution in [3.8, 4) is 0 Å². The molecule has 2 aliphatic heterocycles. The zero-order valence-electron chi connectivity index (χ0n) is 20.1. The number of hydrogen-bond acceptors (Lipinski definition) is 7. The number of nitrogens with zero attached hydrogens (tertiary/aromatic N) is 3. The fraction of sp³-hybridized carbons (Fsp3) is 0.500. The average molecular weight is 525 g/mol. The van der Waals surface area contributed by atoms with Crippen LogP contribution in [0.3, 0.4) is 0 Å². The van der Waals surface area contributed by atoms with Crippen molar-refractivity contribution in [2.24, 2.45) is 5.92 Å². The molecule has 0 aliphatic carbocycles. The molecule has 0 unspecified atom stereocenters. The van der Waals surface area contributed by atoms with E-state index >= 15 is 0 Å². The number of benzene rings is 1. The Bertz CT molecular complexity index is 1200. The van der Waals surface area contributed by atoms with Crippen LogP contribution in [0.15, 0.2) is 27.6 Å². The highest BCUT2D eigenvalue weighted by atomic mass is 32.2. The van der Waals surface area contributed by atoms with Crippen LogP contribution in [-0.4, -0.2) is 81.2 Å². The third kappa shape index (κ3) is 6.17. The Morgan fingerprint density at radius 2 is 1.89 bits per heavy atom. The molecule has 2 saturated heterocycles. The van der Waals surface area contributed by atoms with Gasteiger partial charge >= 0.3 is 0 Å². The van der Waals surface area contributed by atoms with Crippen LogP contribution < -0.4 is 5.32 Å². The first-order valence-electron chi connectivity index (χ1n) is 11.9. The van der Waals surface area contributed by atoms with Gasteiger partial charge in [0, 0.05) is 56.8 Å². The highest BCUT2D eigenvalue weighted by Gasteiger charge is 2.35. The molecule has 196 valence electrons. The number of aryl methyl sites for hydroxylation is 1. The van der Waals surface area contributed by atoms with Gasteiger partial charge in [0.2, 0.25) is 15.9 Å². The summed E-state index contributed by atoms with van der Waals surface area (Å²) in [6.07, 6.45) is 3.41. The third-order valence-corrected chi connectivity index (χ3v) is 8.52. The van der Waals surface area contributed by atoms with E-state index in [-0.39, 0.29) is 46.8 Å². The van der Waals surface area contributed by atoms with Gasteiger partial charge in [-0.25, -0.2) is 17.2 Å². The van der Waals surface area contributed by atoms with Gasteiger partial charge < -0.3 is 14.6 Å². The first-order valence-corrected chi connectivity index (χ1v) is 13.4. The number of carbonyl (C=O) groups excluding carboxylic acids is 1. The van der Waals surface area contributed by atoms with Crippen molar-refractivity contribution < 1.29 is 31.3 Å². The number of morpholine rings is 1. The van der Waals surface area contributed by atoms with E-state index in [4.69, 9.17) is 9.26 Å². The molecular formula is C24H30F2N4O5S. The molecule has 12 heteroatoms. The number of nitrogens with one attached hydrogen (secondary N) is 1. The van der Waals surface area contributed by atoms with E-state index in [1.165, 1.54) is 29.4 Å². The predicted molar refractivity (Wildman–Crippen MR) is 128 cm³/mol. The predicted octanol–water partition coefficient (Wildman–Crippen LogP) is 2.28. The Labute approximate surface area is 209 Å². The summed E-state index contributed by atoms with van der Waals surface area (Å²) < 4.78 is 65.7. The largest absolute Gasteiger partial charge is 0.379 e. The molecule has 0 spiro atoms. The van der Waals surface area contributed by atoms with Crippen LogP contribution in [0.5, 0.6) is 0 Å². The first-order chi connectivity index (χ1) is 17.3. The van der Waals surface area contributed by atoms with Crippen molar-refractivity contribution in [3.63, 3.8) is 0 Å². The molecule has 9 nitrogen and oxygen atoms in total. The minimum atomic E-state index is -3.96. The lowest BCUT2D eigenvalue weighted by molar-refractivity contribution is -0.126. The lowest BCUT2D eigenvalue weighted by Crippen LogP contribution is -2.45. The summed E-state index contributed by atoms with van der Waals surface area (Å²) in [5.41, 5.74) is 0.256. The molecule has 36 heavy (non-hydrogen) atoms. The van der Waals surface area contributed by atoms with E-state index < -0.39 is 21.7 Å². The Hall–Kier alpha value is -2.67. The number of ether oxygens (including phenoxy) is 1. The summed E-state index contributed by atoms with van der Waals surface area (Å²) in [5, 5.41) is 6.74. The highest BCUT2D eigenvalue weighted by Crippen LogP contribution is 2.29. The van der Waals surface area contributed by atoms with Crippen molar-refractivity contribution in [2.45, 2.75) is 24.7 Å². The molecular weight excluding hydrogens is 494 g/mol. The standard InChI is InChI=1S/C24H30F2N4O5S/c1-17-23(22(35-28-17)5-3-18-2-4-20(25)16-21(18)26)36(32,33)30-9-6-19(7-10-30)24(31)27-8-11-29-12-14-34-15-13-29/h2-5,16,19H,6-15H2,1H3,(H,27,31)/b5-3+. The van der Waals surface area contributed by atoms with Crippen LogP contribution >= 0.6 is 0 Å². The molecule has 1 amide bonds.